The van der Waals surface area contributed by atoms with Crippen molar-refractivity contribution in [3.63, 3.8) is 0 Å². The number of thioether (sulfide) groups is 1. The van der Waals surface area contributed by atoms with Crippen molar-refractivity contribution < 1.29 is 14.0 Å². The third kappa shape index (κ3) is 6.51. The fourth-order valence-corrected chi connectivity index (χ4v) is 4.77. The number of furan rings is 1. The Morgan fingerprint density at radius 2 is 1.94 bits per heavy atom. The Hall–Kier alpha value is -2.49. The quantitative estimate of drug-likeness (QED) is 0.633. The number of nitrogens with one attached hydrogen (secondary N) is 2. The molecule has 176 valence electrons. The van der Waals surface area contributed by atoms with Crippen molar-refractivity contribution in [1.82, 2.24) is 25.4 Å². The van der Waals surface area contributed by atoms with E-state index in [2.05, 4.69) is 39.6 Å². The van der Waals surface area contributed by atoms with Gasteiger partial charge in [-0.2, -0.15) is 0 Å². The minimum absolute atomic E-state index is 0.383. The van der Waals surface area contributed by atoms with Gasteiger partial charge in [-0.25, -0.2) is 4.79 Å². The van der Waals surface area contributed by atoms with Crippen LogP contribution >= 0.6 is 11.8 Å². The molecule has 1 aliphatic rings. The first kappa shape index (κ1) is 24.2. The molecule has 0 spiro atoms. The van der Waals surface area contributed by atoms with Crippen LogP contribution in [0, 0.1) is 11.8 Å². The second-order valence-electron chi connectivity index (χ2n) is 9.75. The maximum absolute atomic E-state index is 12.6. The van der Waals surface area contributed by atoms with Crippen molar-refractivity contribution in [2.75, 3.05) is 18.0 Å². The van der Waals surface area contributed by atoms with Crippen LogP contribution in [0.4, 0.5) is 10.7 Å². The van der Waals surface area contributed by atoms with Gasteiger partial charge in [0.2, 0.25) is 11.9 Å². The van der Waals surface area contributed by atoms with Gasteiger partial charge < -0.3 is 14.6 Å². The van der Waals surface area contributed by atoms with Crippen LogP contribution in [0.25, 0.3) is 0 Å². The minimum Gasteiger partial charge on any atom is -0.467 e. The Labute approximate surface area is 193 Å². The number of hydrogen-bond acceptors (Lipinski definition) is 7. The lowest BCUT2D eigenvalue weighted by molar-refractivity contribution is -0.119. The molecule has 9 nitrogen and oxygen atoms in total. The lowest BCUT2D eigenvalue weighted by atomic mass is 9.92. The Morgan fingerprint density at radius 3 is 2.53 bits per heavy atom. The number of hydrogen-bond donors (Lipinski definition) is 2. The van der Waals surface area contributed by atoms with Crippen molar-refractivity contribution >= 4 is 29.6 Å². The normalized spacial score (nSPS) is 20.1. The largest absolute Gasteiger partial charge is 0.467 e. The topological polar surface area (TPSA) is 105 Å². The van der Waals surface area contributed by atoms with Crippen LogP contribution in [0.3, 0.4) is 0 Å². The van der Waals surface area contributed by atoms with Gasteiger partial charge in [0.05, 0.1) is 18.1 Å². The molecule has 2 aromatic rings. The monoisotopic (exact) mass is 462 g/mol. The lowest BCUT2D eigenvalue weighted by Gasteiger charge is -2.35. The smallest absolute Gasteiger partial charge is 0.321 e. The first-order valence-corrected chi connectivity index (χ1v) is 11.9. The van der Waals surface area contributed by atoms with Crippen LogP contribution in [0.1, 0.15) is 53.7 Å². The summed E-state index contributed by atoms with van der Waals surface area (Å²) in [5.74, 6) is 2.31. The predicted octanol–water partition coefficient (Wildman–Crippen LogP) is 3.51. The molecular formula is C22H34N6O3S. The summed E-state index contributed by atoms with van der Waals surface area (Å²) in [7, 11) is 0. The molecule has 0 bridgehead atoms. The average Bonchev–Trinajstić information content (AvgIpc) is 3.30. The number of amides is 3. The zero-order valence-electron chi connectivity index (χ0n) is 19.7. The molecule has 3 heterocycles. The highest BCUT2D eigenvalue weighted by Gasteiger charge is 2.29. The average molecular weight is 463 g/mol. The fourth-order valence-electron chi connectivity index (χ4n) is 3.92. The summed E-state index contributed by atoms with van der Waals surface area (Å²) in [5, 5.41) is 14.1. The standard InChI is InChI=1S/C22H34N6O3S/c1-14-10-15(2)12-27(11-14)20-25-26-21(28(20)13-17-8-7-9-31-17)32-16(3)18(29)23-19(30)24-22(4,5)6/h7-9,14-16H,10-13H2,1-6H3,(H2,23,24,29,30)/t14-,15-,16-/m1/s1. The van der Waals surface area contributed by atoms with Crippen LogP contribution in [0.15, 0.2) is 28.0 Å². The molecule has 1 aliphatic heterocycles. The zero-order chi connectivity index (χ0) is 23.5. The molecule has 0 aliphatic carbocycles. The number of anilines is 1. The Balaban J connectivity index is 1.77. The van der Waals surface area contributed by atoms with Gasteiger partial charge >= 0.3 is 6.03 Å². The number of carbonyl (C=O) groups is 2. The van der Waals surface area contributed by atoms with E-state index in [1.165, 1.54) is 18.2 Å². The van der Waals surface area contributed by atoms with Gasteiger partial charge in [-0.3, -0.25) is 14.7 Å². The highest BCUT2D eigenvalue weighted by molar-refractivity contribution is 8.00. The maximum Gasteiger partial charge on any atom is 0.321 e. The molecule has 1 saturated heterocycles. The van der Waals surface area contributed by atoms with E-state index in [1.54, 1.807) is 13.2 Å². The van der Waals surface area contributed by atoms with Crippen molar-refractivity contribution in [2.45, 2.75) is 70.5 Å². The number of aromatic nitrogens is 3. The predicted molar refractivity (Wildman–Crippen MR) is 125 cm³/mol. The van der Waals surface area contributed by atoms with E-state index in [0.29, 0.717) is 23.5 Å². The van der Waals surface area contributed by atoms with Crippen LogP contribution in [-0.2, 0) is 11.3 Å². The first-order chi connectivity index (χ1) is 15.0. The van der Waals surface area contributed by atoms with E-state index in [9.17, 15) is 9.59 Å². The summed E-state index contributed by atoms with van der Waals surface area (Å²) in [6.45, 7) is 14.1. The summed E-state index contributed by atoms with van der Waals surface area (Å²) in [6.07, 6.45) is 2.83. The molecule has 0 saturated carbocycles. The fraction of sp³-hybridized carbons (Fsp3) is 0.636. The van der Waals surface area contributed by atoms with Crippen molar-refractivity contribution in [1.29, 1.82) is 0 Å². The molecule has 1 fully saturated rings. The third-order valence-electron chi connectivity index (χ3n) is 5.12. The van der Waals surface area contributed by atoms with Crippen LogP contribution < -0.4 is 15.5 Å². The van der Waals surface area contributed by atoms with E-state index >= 15 is 0 Å². The van der Waals surface area contributed by atoms with Crippen LogP contribution in [-0.4, -0.2) is 50.6 Å². The second kappa shape index (κ2) is 9.97. The van der Waals surface area contributed by atoms with Crippen molar-refractivity contribution in [3.8, 4) is 0 Å². The molecule has 2 aromatic heterocycles. The molecule has 3 amide bonds. The molecule has 0 aromatic carbocycles. The van der Waals surface area contributed by atoms with E-state index in [0.717, 1.165) is 24.8 Å². The number of carbonyl (C=O) groups excluding carboxylic acids is 2. The molecule has 32 heavy (non-hydrogen) atoms. The van der Waals surface area contributed by atoms with E-state index in [4.69, 9.17) is 4.42 Å². The summed E-state index contributed by atoms with van der Waals surface area (Å²) in [5.41, 5.74) is -0.429. The molecule has 2 N–H and O–H groups in total. The number of nitrogens with zero attached hydrogens (tertiary/aromatic N) is 4. The van der Waals surface area contributed by atoms with Gasteiger partial charge in [-0.15, -0.1) is 10.2 Å². The van der Waals surface area contributed by atoms with Gasteiger partial charge in [-0.05, 0) is 58.1 Å². The Morgan fingerprint density at radius 1 is 1.25 bits per heavy atom. The lowest BCUT2D eigenvalue weighted by Crippen LogP contribution is -2.49. The van der Waals surface area contributed by atoms with Crippen molar-refractivity contribution in [2.24, 2.45) is 11.8 Å². The van der Waals surface area contributed by atoms with E-state index in [1.807, 2.05) is 37.5 Å². The number of piperidine rings is 1. The molecule has 0 radical (unpaired) electrons. The highest BCUT2D eigenvalue weighted by Crippen LogP contribution is 2.30. The highest BCUT2D eigenvalue weighted by atomic mass is 32.2. The molecular weight excluding hydrogens is 428 g/mol. The van der Waals surface area contributed by atoms with Gasteiger partial charge in [-0.1, -0.05) is 25.6 Å². The summed E-state index contributed by atoms with van der Waals surface area (Å²) >= 11 is 1.28. The molecule has 0 unspecified atom stereocenters. The SMILES string of the molecule is C[C@@H]1C[C@@H](C)CN(c2nnc(S[C@H](C)C(=O)NC(=O)NC(C)(C)C)n2Cc2ccco2)C1. The molecule has 3 rings (SSSR count). The second-order valence-corrected chi connectivity index (χ2v) is 11.1. The number of urea groups is 1. The molecule has 10 heteroatoms. The van der Waals surface area contributed by atoms with E-state index < -0.39 is 16.8 Å². The Kier molecular flexibility index (Phi) is 7.53. The summed E-state index contributed by atoms with van der Waals surface area (Å²) in [6, 6.07) is 3.25. The zero-order valence-corrected chi connectivity index (χ0v) is 20.5. The van der Waals surface area contributed by atoms with Gasteiger partial charge in [0.25, 0.3) is 0 Å². The van der Waals surface area contributed by atoms with E-state index in [-0.39, 0.29) is 5.91 Å². The van der Waals surface area contributed by atoms with Crippen LogP contribution in [0.5, 0.6) is 0 Å². The third-order valence-corrected chi connectivity index (χ3v) is 6.20. The molecule has 3 atom stereocenters. The minimum atomic E-state index is -0.535. The summed E-state index contributed by atoms with van der Waals surface area (Å²) < 4.78 is 7.55. The first-order valence-electron chi connectivity index (χ1n) is 11.0. The van der Waals surface area contributed by atoms with Crippen LogP contribution in [0.2, 0.25) is 0 Å². The van der Waals surface area contributed by atoms with Gasteiger partial charge in [0, 0.05) is 18.6 Å². The number of imide groups is 1. The summed E-state index contributed by atoms with van der Waals surface area (Å²) in [4.78, 5) is 26.9. The Bertz CT molecular complexity index is 911. The van der Waals surface area contributed by atoms with Crippen molar-refractivity contribution in [3.05, 3.63) is 24.2 Å². The van der Waals surface area contributed by atoms with Gasteiger partial charge in [0.1, 0.15) is 5.76 Å². The number of rotatable bonds is 6. The van der Waals surface area contributed by atoms with Gasteiger partial charge in [0.15, 0.2) is 5.16 Å². The maximum atomic E-state index is 12.6.